The smallest absolute Gasteiger partial charge is 0.248 e. The van der Waals surface area contributed by atoms with Gasteiger partial charge in [0.15, 0.2) is 8.32 Å². The van der Waals surface area contributed by atoms with Gasteiger partial charge in [-0.25, -0.2) is 0 Å². The second kappa shape index (κ2) is 12.8. The Hall–Kier alpha value is -3.19. The van der Waals surface area contributed by atoms with Crippen LogP contribution in [0.15, 0.2) is 71.5 Å². The first-order valence-corrected chi connectivity index (χ1v) is 18.8. The average molecular weight is 597 g/mol. The number of aryl methyl sites for hydroxylation is 2. The molecule has 0 fully saturated rings. The number of aromatic nitrogens is 1. The predicted molar refractivity (Wildman–Crippen MR) is 181 cm³/mol. The minimum atomic E-state index is -2.13. The number of hydrogen-bond donors (Lipinski definition) is 2. The molecule has 1 aliphatic carbocycles. The van der Waals surface area contributed by atoms with Gasteiger partial charge in [0.2, 0.25) is 5.56 Å². The maximum Gasteiger partial charge on any atom is 0.248 e. The minimum absolute atomic E-state index is 0.0603. The molecule has 1 atom stereocenters. The highest BCUT2D eigenvalue weighted by Crippen LogP contribution is 2.41. The van der Waals surface area contributed by atoms with E-state index in [2.05, 4.69) is 76.2 Å². The molecule has 43 heavy (non-hydrogen) atoms. The first-order chi connectivity index (χ1) is 20.5. The molecule has 5 rings (SSSR count). The van der Waals surface area contributed by atoms with Gasteiger partial charge in [-0.2, -0.15) is 0 Å². The Morgan fingerprint density at radius 2 is 1.58 bits per heavy atom. The van der Waals surface area contributed by atoms with E-state index in [0.29, 0.717) is 24.9 Å². The van der Waals surface area contributed by atoms with Crippen LogP contribution < -0.4 is 15.6 Å². The zero-order valence-electron chi connectivity index (χ0n) is 27.0. The van der Waals surface area contributed by atoms with Gasteiger partial charge >= 0.3 is 0 Å². The Balaban J connectivity index is 1.44. The molecule has 1 heterocycles. The number of aromatic amines is 1. The van der Waals surface area contributed by atoms with Gasteiger partial charge in [-0.05, 0) is 89.3 Å². The molecule has 6 heteroatoms. The van der Waals surface area contributed by atoms with Gasteiger partial charge in [-0.1, -0.05) is 83.1 Å². The number of fused-ring (bicyclic) bond motifs is 2. The molecule has 0 amide bonds. The second-order valence-electron chi connectivity index (χ2n) is 13.5. The first-order valence-electron chi connectivity index (χ1n) is 15.9. The van der Waals surface area contributed by atoms with Crippen LogP contribution in [-0.4, -0.2) is 25.9 Å². The number of ether oxygens (including phenoxy) is 1. The number of pyridine rings is 1. The standard InChI is InChI=1S/C37H48N2O3Si/c1-8-26-19-28-21-30(22-29(28)20-27(26)9-2)38-23-34(42-43(6,7)37(3,4)5)31-15-17-33(36-32(31)16-18-35(40)39-36)41-24-25-13-11-10-12-14-25/h10-20,30,34,38H,8-9,21-24H2,1-7H3,(H,39,40). The molecule has 3 aromatic carbocycles. The van der Waals surface area contributed by atoms with E-state index in [1.54, 1.807) is 6.07 Å². The van der Waals surface area contributed by atoms with Crippen LogP contribution in [0.2, 0.25) is 18.1 Å². The van der Waals surface area contributed by atoms with Crippen LogP contribution in [0.25, 0.3) is 10.9 Å². The summed E-state index contributed by atoms with van der Waals surface area (Å²) in [5, 5.41) is 4.93. The predicted octanol–water partition coefficient (Wildman–Crippen LogP) is 8.05. The fourth-order valence-electron chi connectivity index (χ4n) is 5.98. The van der Waals surface area contributed by atoms with E-state index in [9.17, 15) is 4.79 Å². The molecule has 0 radical (unpaired) electrons. The summed E-state index contributed by atoms with van der Waals surface area (Å²) in [5.41, 5.74) is 8.66. The van der Waals surface area contributed by atoms with Crippen LogP contribution in [0.1, 0.15) is 74.1 Å². The van der Waals surface area contributed by atoms with Crippen LogP contribution in [0.5, 0.6) is 5.75 Å². The Labute approximate surface area is 258 Å². The van der Waals surface area contributed by atoms with Crippen molar-refractivity contribution < 1.29 is 9.16 Å². The molecule has 4 aromatic rings. The van der Waals surface area contributed by atoms with E-state index in [-0.39, 0.29) is 16.7 Å². The highest BCUT2D eigenvalue weighted by molar-refractivity contribution is 6.74. The maximum absolute atomic E-state index is 12.5. The number of hydrogen-bond acceptors (Lipinski definition) is 4. The monoisotopic (exact) mass is 596 g/mol. The van der Waals surface area contributed by atoms with E-state index in [1.807, 2.05) is 42.5 Å². The van der Waals surface area contributed by atoms with Gasteiger partial charge in [0.1, 0.15) is 12.4 Å². The third kappa shape index (κ3) is 6.98. The lowest BCUT2D eigenvalue weighted by atomic mass is 9.97. The summed E-state index contributed by atoms with van der Waals surface area (Å²) in [4.78, 5) is 15.6. The summed E-state index contributed by atoms with van der Waals surface area (Å²) in [6, 6.07) is 23.0. The van der Waals surface area contributed by atoms with Crippen molar-refractivity contribution in [3.05, 3.63) is 110 Å². The van der Waals surface area contributed by atoms with Crippen LogP contribution in [0, 0.1) is 0 Å². The molecule has 228 valence electrons. The third-order valence-electron chi connectivity index (χ3n) is 9.53. The van der Waals surface area contributed by atoms with Crippen molar-refractivity contribution in [3.63, 3.8) is 0 Å². The van der Waals surface area contributed by atoms with Crippen molar-refractivity contribution in [1.82, 2.24) is 10.3 Å². The quantitative estimate of drug-likeness (QED) is 0.172. The SMILES string of the molecule is CCc1cc2c(cc1CC)CC(NCC(O[Si](C)(C)C(C)(C)C)c1ccc(OCc3ccccc3)c3[nH]c(=O)ccc13)C2. The van der Waals surface area contributed by atoms with Crippen molar-refractivity contribution in [3.8, 4) is 5.75 Å². The zero-order valence-corrected chi connectivity index (χ0v) is 28.0. The fourth-order valence-corrected chi connectivity index (χ4v) is 7.26. The molecule has 5 nitrogen and oxygen atoms in total. The van der Waals surface area contributed by atoms with Crippen molar-refractivity contribution in [2.24, 2.45) is 0 Å². The molecular weight excluding hydrogens is 549 g/mol. The Kier molecular flexibility index (Phi) is 9.31. The van der Waals surface area contributed by atoms with Gasteiger partial charge in [0.05, 0.1) is 11.6 Å². The van der Waals surface area contributed by atoms with Gasteiger partial charge in [-0.3, -0.25) is 4.79 Å². The molecule has 1 unspecified atom stereocenters. The normalized spacial score (nSPS) is 14.7. The summed E-state index contributed by atoms with van der Waals surface area (Å²) in [6.45, 7) is 17.1. The van der Waals surface area contributed by atoms with E-state index in [4.69, 9.17) is 9.16 Å². The van der Waals surface area contributed by atoms with Crippen LogP contribution >= 0.6 is 0 Å². The van der Waals surface area contributed by atoms with Crippen LogP contribution in [-0.2, 0) is 36.7 Å². The molecule has 2 N–H and O–H groups in total. The molecule has 0 aliphatic heterocycles. The number of nitrogens with one attached hydrogen (secondary N) is 2. The van der Waals surface area contributed by atoms with Crippen molar-refractivity contribution in [2.75, 3.05) is 6.54 Å². The third-order valence-corrected chi connectivity index (χ3v) is 14.0. The van der Waals surface area contributed by atoms with Gasteiger partial charge in [0.25, 0.3) is 0 Å². The highest BCUT2D eigenvalue weighted by atomic mass is 28.4. The minimum Gasteiger partial charge on any atom is -0.487 e. The number of H-pyrrole nitrogens is 1. The number of rotatable bonds is 11. The fraction of sp³-hybridized carbons (Fsp3) is 0.432. The molecule has 1 aliphatic rings. The molecule has 1 aromatic heterocycles. The van der Waals surface area contributed by atoms with E-state index >= 15 is 0 Å². The lowest BCUT2D eigenvalue weighted by molar-refractivity contribution is 0.177. The lowest BCUT2D eigenvalue weighted by Crippen LogP contribution is -2.44. The Morgan fingerprint density at radius 3 is 2.19 bits per heavy atom. The molecule has 0 bridgehead atoms. The molecule has 0 spiro atoms. The first kappa shape index (κ1) is 31.2. The lowest BCUT2D eigenvalue weighted by Gasteiger charge is -2.40. The summed E-state index contributed by atoms with van der Waals surface area (Å²) in [6.07, 6.45) is 4.08. The van der Waals surface area contributed by atoms with Gasteiger partial charge in [-0.15, -0.1) is 0 Å². The van der Waals surface area contributed by atoms with E-state index in [0.717, 1.165) is 47.7 Å². The zero-order chi connectivity index (χ0) is 30.8. The molecule has 0 saturated carbocycles. The highest BCUT2D eigenvalue weighted by Gasteiger charge is 2.40. The van der Waals surface area contributed by atoms with Gasteiger partial charge < -0.3 is 19.5 Å². The summed E-state index contributed by atoms with van der Waals surface area (Å²) in [7, 11) is -2.13. The summed E-state index contributed by atoms with van der Waals surface area (Å²) >= 11 is 0. The summed E-state index contributed by atoms with van der Waals surface area (Å²) < 4.78 is 13.4. The van der Waals surface area contributed by atoms with Crippen molar-refractivity contribution in [2.45, 2.75) is 97.2 Å². The van der Waals surface area contributed by atoms with Crippen LogP contribution in [0.3, 0.4) is 0 Å². The molecule has 0 saturated heterocycles. The summed E-state index contributed by atoms with van der Waals surface area (Å²) in [5.74, 6) is 0.670. The maximum atomic E-state index is 12.5. The van der Waals surface area contributed by atoms with Gasteiger partial charge in [0, 0.05) is 24.0 Å². The van der Waals surface area contributed by atoms with Crippen molar-refractivity contribution >= 4 is 19.2 Å². The Bertz CT molecular complexity index is 1590. The molecular formula is C37H48N2O3Si. The second-order valence-corrected chi connectivity index (χ2v) is 18.3. The van der Waals surface area contributed by atoms with Crippen LogP contribution in [0.4, 0.5) is 0 Å². The van der Waals surface area contributed by atoms with Crippen molar-refractivity contribution in [1.29, 1.82) is 0 Å². The van der Waals surface area contributed by atoms with E-state index < -0.39 is 8.32 Å². The Morgan fingerprint density at radius 1 is 0.930 bits per heavy atom. The average Bonchev–Trinajstić information content (AvgIpc) is 3.38. The topological polar surface area (TPSA) is 63.4 Å². The van der Waals surface area contributed by atoms with E-state index in [1.165, 1.54) is 22.3 Å². The number of benzene rings is 3. The largest absolute Gasteiger partial charge is 0.487 e.